The Morgan fingerprint density at radius 2 is 2.07 bits per heavy atom. The molecule has 4 aromatic rings. The van der Waals surface area contributed by atoms with Crippen LogP contribution in [0.4, 0.5) is 23.0 Å². The van der Waals surface area contributed by atoms with Gasteiger partial charge in [-0.05, 0) is 19.1 Å². The van der Waals surface area contributed by atoms with Gasteiger partial charge in [0.25, 0.3) is 5.91 Å². The normalized spacial score (nSPS) is 10.9. The van der Waals surface area contributed by atoms with Gasteiger partial charge in [-0.2, -0.15) is 0 Å². The number of fused-ring (bicyclic) bond motifs is 1. The molecule has 0 aliphatic rings. The van der Waals surface area contributed by atoms with E-state index in [9.17, 15) is 4.79 Å². The third-order valence-electron chi connectivity index (χ3n) is 4.02. The van der Waals surface area contributed by atoms with E-state index in [1.54, 1.807) is 25.1 Å². The Morgan fingerprint density at radius 1 is 1.24 bits per heavy atom. The average molecular weight is 413 g/mol. The Labute approximate surface area is 170 Å². The number of pyridine rings is 1. The fraction of sp³-hybridized carbons (Fsp3) is 0.167. The molecule has 0 radical (unpaired) electrons. The molecule has 10 nitrogen and oxygen atoms in total. The summed E-state index contributed by atoms with van der Waals surface area (Å²) in [5, 5.41) is 14.7. The van der Waals surface area contributed by atoms with Crippen molar-refractivity contribution in [1.29, 1.82) is 0 Å². The van der Waals surface area contributed by atoms with Crippen LogP contribution in [0.1, 0.15) is 16.2 Å². The lowest BCUT2D eigenvalue weighted by molar-refractivity contribution is 0.102. The molecule has 11 heteroatoms. The molecule has 1 amide bonds. The summed E-state index contributed by atoms with van der Waals surface area (Å²) in [6, 6.07) is 6.78. The number of hydrogen-bond acceptors (Lipinski definition) is 8. The minimum absolute atomic E-state index is 0.260. The zero-order chi connectivity index (χ0) is 20.5. The number of nitrogens with zero attached hydrogens (tertiary/aromatic N) is 6. The van der Waals surface area contributed by atoms with E-state index in [-0.39, 0.29) is 16.8 Å². The van der Waals surface area contributed by atoms with Crippen molar-refractivity contribution in [2.45, 2.75) is 6.92 Å². The lowest BCUT2D eigenvalue weighted by atomic mass is 10.3. The molecule has 4 heterocycles. The maximum Gasteiger partial charge on any atom is 0.276 e. The molecule has 0 unspecified atom stereocenters. The number of imidazole rings is 1. The number of halogens is 1. The molecule has 148 valence electrons. The van der Waals surface area contributed by atoms with Crippen molar-refractivity contribution >= 4 is 46.2 Å². The first-order valence-corrected chi connectivity index (χ1v) is 8.98. The standard InChI is InChI=1S/C18H17ClN8O2/c1-10-6-15(25-29-10)23-12-8-16(26(2)3)24-27-13(9-21-17(12)27)18(28)22-11-4-5-20-14(19)7-11/h4-9H,1-3H3,(H,23,25)(H,20,22,28). The zero-order valence-corrected chi connectivity index (χ0v) is 16.6. The number of nitrogens with one attached hydrogen (secondary N) is 2. The zero-order valence-electron chi connectivity index (χ0n) is 15.8. The van der Waals surface area contributed by atoms with Gasteiger partial charge < -0.3 is 20.1 Å². The van der Waals surface area contributed by atoms with Gasteiger partial charge in [-0.25, -0.2) is 14.5 Å². The van der Waals surface area contributed by atoms with Crippen molar-refractivity contribution in [2.24, 2.45) is 0 Å². The Bertz CT molecular complexity index is 1200. The van der Waals surface area contributed by atoms with Gasteiger partial charge in [0.05, 0.1) is 11.9 Å². The van der Waals surface area contributed by atoms with Crippen LogP contribution < -0.4 is 15.5 Å². The Kier molecular flexibility index (Phi) is 4.77. The van der Waals surface area contributed by atoms with Gasteiger partial charge in [0.2, 0.25) is 0 Å². The highest BCUT2D eigenvalue weighted by atomic mass is 35.5. The van der Waals surface area contributed by atoms with Crippen LogP contribution in [-0.2, 0) is 0 Å². The van der Waals surface area contributed by atoms with Gasteiger partial charge in [0, 0.05) is 38.1 Å². The summed E-state index contributed by atoms with van der Waals surface area (Å²) in [7, 11) is 3.71. The molecule has 29 heavy (non-hydrogen) atoms. The molecule has 0 aliphatic heterocycles. The molecule has 0 saturated heterocycles. The molecule has 0 bridgehead atoms. The summed E-state index contributed by atoms with van der Waals surface area (Å²) in [4.78, 5) is 22.9. The molecule has 0 fully saturated rings. The first-order valence-electron chi connectivity index (χ1n) is 8.60. The molecular formula is C18H17ClN8O2. The molecule has 2 N–H and O–H groups in total. The molecule has 0 atom stereocenters. The summed E-state index contributed by atoms with van der Waals surface area (Å²) in [6.07, 6.45) is 2.97. The van der Waals surface area contributed by atoms with Gasteiger partial charge in [-0.1, -0.05) is 16.8 Å². The Morgan fingerprint density at radius 3 is 2.76 bits per heavy atom. The summed E-state index contributed by atoms with van der Waals surface area (Å²) in [5.41, 5.74) is 1.87. The smallest absolute Gasteiger partial charge is 0.276 e. The maximum atomic E-state index is 12.8. The van der Waals surface area contributed by atoms with Crippen LogP contribution in [0.2, 0.25) is 5.15 Å². The molecule has 0 aromatic carbocycles. The highest BCUT2D eigenvalue weighted by Gasteiger charge is 2.18. The lowest BCUT2D eigenvalue weighted by Crippen LogP contribution is -2.18. The Hall–Kier alpha value is -3.66. The number of carbonyl (C=O) groups excluding carboxylic acids is 1. The summed E-state index contributed by atoms with van der Waals surface area (Å²) < 4.78 is 6.58. The van der Waals surface area contributed by atoms with E-state index in [1.165, 1.54) is 16.9 Å². The molecule has 0 spiro atoms. The van der Waals surface area contributed by atoms with Crippen LogP contribution in [0.25, 0.3) is 5.65 Å². The number of rotatable bonds is 5. The first-order chi connectivity index (χ1) is 13.9. The number of hydrogen-bond donors (Lipinski definition) is 2. The number of aromatic nitrogens is 5. The van der Waals surface area contributed by atoms with Crippen LogP contribution in [0.15, 0.2) is 41.2 Å². The average Bonchev–Trinajstić information content (AvgIpc) is 3.27. The van der Waals surface area contributed by atoms with Crippen LogP contribution in [0.3, 0.4) is 0 Å². The van der Waals surface area contributed by atoms with Crippen molar-refractivity contribution in [1.82, 2.24) is 24.7 Å². The van der Waals surface area contributed by atoms with E-state index >= 15 is 0 Å². The second-order valence-corrected chi connectivity index (χ2v) is 6.85. The largest absolute Gasteiger partial charge is 0.361 e. The van der Waals surface area contributed by atoms with Crippen LogP contribution in [0.5, 0.6) is 0 Å². The lowest BCUT2D eigenvalue weighted by Gasteiger charge is -2.14. The number of carbonyl (C=O) groups is 1. The van der Waals surface area contributed by atoms with Gasteiger partial charge in [-0.15, -0.1) is 5.10 Å². The van der Waals surface area contributed by atoms with Gasteiger partial charge >= 0.3 is 0 Å². The predicted molar refractivity (Wildman–Crippen MR) is 109 cm³/mol. The minimum Gasteiger partial charge on any atom is -0.361 e. The highest BCUT2D eigenvalue weighted by molar-refractivity contribution is 6.29. The second-order valence-electron chi connectivity index (χ2n) is 6.46. The predicted octanol–water partition coefficient (Wildman–Crippen LogP) is 3.14. The van der Waals surface area contributed by atoms with Crippen LogP contribution in [0, 0.1) is 6.92 Å². The van der Waals surface area contributed by atoms with E-state index in [4.69, 9.17) is 16.1 Å². The van der Waals surface area contributed by atoms with E-state index < -0.39 is 0 Å². The minimum atomic E-state index is -0.383. The Balaban J connectivity index is 1.74. The van der Waals surface area contributed by atoms with Crippen LogP contribution in [-0.4, -0.2) is 44.7 Å². The SMILES string of the molecule is Cc1cc(Nc2cc(N(C)C)nn3c(C(=O)Nc4ccnc(Cl)c4)cnc23)no1. The quantitative estimate of drug-likeness (QED) is 0.480. The number of anilines is 4. The molecule has 0 aliphatic carbocycles. The van der Waals surface area contributed by atoms with Gasteiger partial charge in [0.1, 0.15) is 10.9 Å². The maximum absolute atomic E-state index is 12.8. The van der Waals surface area contributed by atoms with Gasteiger partial charge in [-0.3, -0.25) is 4.79 Å². The fourth-order valence-corrected chi connectivity index (χ4v) is 2.83. The number of aryl methyl sites for hydroxylation is 1. The van der Waals surface area contributed by atoms with Crippen molar-refractivity contribution < 1.29 is 9.32 Å². The van der Waals surface area contributed by atoms with Crippen molar-refractivity contribution in [3.05, 3.63) is 53.3 Å². The molecular weight excluding hydrogens is 396 g/mol. The molecule has 4 rings (SSSR count). The molecule has 0 saturated carbocycles. The third-order valence-corrected chi connectivity index (χ3v) is 4.23. The van der Waals surface area contributed by atoms with E-state index in [1.807, 2.05) is 25.1 Å². The molecule has 4 aromatic heterocycles. The van der Waals surface area contributed by atoms with Crippen LogP contribution >= 0.6 is 11.6 Å². The highest BCUT2D eigenvalue weighted by Crippen LogP contribution is 2.25. The van der Waals surface area contributed by atoms with E-state index in [0.29, 0.717) is 34.4 Å². The van der Waals surface area contributed by atoms with Crippen molar-refractivity contribution in [3.63, 3.8) is 0 Å². The fourth-order valence-electron chi connectivity index (χ4n) is 2.66. The first kappa shape index (κ1) is 18.7. The third kappa shape index (κ3) is 3.83. The van der Waals surface area contributed by atoms with Gasteiger partial charge in [0.15, 0.2) is 23.0 Å². The summed E-state index contributed by atoms with van der Waals surface area (Å²) in [6.45, 7) is 1.80. The van der Waals surface area contributed by atoms with Crippen molar-refractivity contribution in [2.75, 3.05) is 29.6 Å². The number of amides is 1. The summed E-state index contributed by atoms with van der Waals surface area (Å²) >= 11 is 5.88. The second kappa shape index (κ2) is 7.40. The van der Waals surface area contributed by atoms with E-state index in [2.05, 4.69) is 30.9 Å². The van der Waals surface area contributed by atoms with Crippen molar-refractivity contribution in [3.8, 4) is 0 Å². The topological polar surface area (TPSA) is 113 Å². The monoisotopic (exact) mass is 412 g/mol. The van der Waals surface area contributed by atoms with E-state index in [0.717, 1.165) is 0 Å². The summed E-state index contributed by atoms with van der Waals surface area (Å²) in [5.74, 6) is 1.44.